The molecule has 24 heavy (non-hydrogen) atoms. The van der Waals surface area contributed by atoms with E-state index in [1.54, 1.807) is 12.1 Å². The van der Waals surface area contributed by atoms with Gasteiger partial charge in [0.05, 0.1) is 0 Å². The van der Waals surface area contributed by atoms with Crippen LogP contribution in [0.2, 0.25) is 0 Å². The standard InChI is InChI=1S/C18H15N3O2S/c22-17(14-4-2-1-3-5-14)10-11-18(23)19-15-8-6-13(7-9-15)16-12-24-21-20-16/h1-9,12H,10-11H2,(H,19,23). The lowest BCUT2D eigenvalue weighted by molar-refractivity contribution is -0.116. The average Bonchev–Trinajstić information content (AvgIpc) is 3.16. The monoisotopic (exact) mass is 337 g/mol. The topological polar surface area (TPSA) is 72.0 Å². The van der Waals surface area contributed by atoms with Crippen molar-refractivity contribution in [3.05, 3.63) is 65.5 Å². The van der Waals surface area contributed by atoms with E-state index in [9.17, 15) is 9.59 Å². The largest absolute Gasteiger partial charge is 0.326 e. The predicted molar refractivity (Wildman–Crippen MR) is 94.0 cm³/mol. The molecule has 0 spiro atoms. The number of hydrogen-bond donors (Lipinski definition) is 1. The molecule has 0 aliphatic rings. The van der Waals surface area contributed by atoms with Crippen LogP contribution in [0.1, 0.15) is 23.2 Å². The van der Waals surface area contributed by atoms with Gasteiger partial charge in [-0.3, -0.25) is 9.59 Å². The lowest BCUT2D eigenvalue weighted by atomic mass is 10.1. The lowest BCUT2D eigenvalue weighted by Crippen LogP contribution is -2.13. The summed E-state index contributed by atoms with van der Waals surface area (Å²) in [5.41, 5.74) is 3.08. The Balaban J connectivity index is 1.52. The summed E-state index contributed by atoms with van der Waals surface area (Å²) in [5, 5.41) is 8.66. The Kier molecular flexibility index (Phi) is 5.08. The Morgan fingerprint density at radius 3 is 2.38 bits per heavy atom. The first-order chi connectivity index (χ1) is 11.7. The SMILES string of the molecule is O=C(CCC(=O)c1ccccc1)Nc1ccc(-c2csnn2)cc1. The van der Waals surface area contributed by atoms with E-state index < -0.39 is 0 Å². The minimum absolute atomic E-state index is 0.0304. The zero-order chi connectivity index (χ0) is 16.8. The molecule has 0 atom stereocenters. The number of hydrogen-bond acceptors (Lipinski definition) is 5. The van der Waals surface area contributed by atoms with Crippen molar-refractivity contribution in [3.8, 4) is 11.3 Å². The molecule has 120 valence electrons. The molecule has 6 heteroatoms. The summed E-state index contributed by atoms with van der Waals surface area (Å²) in [6.45, 7) is 0. The Bertz CT molecular complexity index is 815. The van der Waals surface area contributed by atoms with Crippen LogP contribution in [0.3, 0.4) is 0 Å². The van der Waals surface area contributed by atoms with Crippen LogP contribution in [0, 0.1) is 0 Å². The maximum atomic E-state index is 12.0. The molecule has 2 aromatic carbocycles. The fraction of sp³-hybridized carbons (Fsp3) is 0.111. The summed E-state index contributed by atoms with van der Waals surface area (Å²) in [7, 11) is 0. The van der Waals surface area contributed by atoms with Gasteiger partial charge in [0.15, 0.2) is 5.78 Å². The molecule has 0 bridgehead atoms. The van der Waals surface area contributed by atoms with Gasteiger partial charge in [-0.1, -0.05) is 47.0 Å². The van der Waals surface area contributed by atoms with Gasteiger partial charge in [-0.15, -0.1) is 5.10 Å². The van der Waals surface area contributed by atoms with Gasteiger partial charge in [-0.25, -0.2) is 0 Å². The normalized spacial score (nSPS) is 10.3. The molecule has 1 aromatic heterocycles. The number of amides is 1. The van der Waals surface area contributed by atoms with Crippen LogP contribution >= 0.6 is 11.5 Å². The van der Waals surface area contributed by atoms with Crippen LogP contribution in [0.25, 0.3) is 11.3 Å². The van der Waals surface area contributed by atoms with E-state index in [2.05, 4.69) is 14.9 Å². The number of carbonyl (C=O) groups is 2. The van der Waals surface area contributed by atoms with Gasteiger partial charge in [-0.05, 0) is 23.7 Å². The van der Waals surface area contributed by atoms with Gasteiger partial charge in [0.1, 0.15) is 5.69 Å². The third-order valence-corrected chi connectivity index (χ3v) is 4.00. The average molecular weight is 337 g/mol. The van der Waals surface area contributed by atoms with Crippen molar-refractivity contribution < 1.29 is 9.59 Å². The number of carbonyl (C=O) groups excluding carboxylic acids is 2. The van der Waals surface area contributed by atoms with Crippen LogP contribution < -0.4 is 5.32 Å². The molecule has 1 N–H and O–H groups in total. The quantitative estimate of drug-likeness (QED) is 0.694. The summed E-state index contributed by atoms with van der Waals surface area (Å²) >= 11 is 1.29. The van der Waals surface area contributed by atoms with E-state index in [1.807, 2.05) is 47.8 Å². The first-order valence-corrected chi connectivity index (χ1v) is 8.31. The maximum absolute atomic E-state index is 12.0. The van der Waals surface area contributed by atoms with Gasteiger partial charge < -0.3 is 5.32 Å². The first kappa shape index (κ1) is 16.0. The predicted octanol–water partition coefficient (Wildman–Crippen LogP) is 3.81. The van der Waals surface area contributed by atoms with Crippen molar-refractivity contribution in [1.82, 2.24) is 9.59 Å². The summed E-state index contributed by atoms with van der Waals surface area (Å²) in [6.07, 6.45) is 0.351. The fourth-order valence-electron chi connectivity index (χ4n) is 2.23. The smallest absolute Gasteiger partial charge is 0.224 e. The molecule has 0 saturated carbocycles. The Morgan fingerprint density at radius 2 is 1.71 bits per heavy atom. The molecule has 0 aliphatic carbocycles. The fourth-order valence-corrected chi connectivity index (χ4v) is 2.70. The van der Waals surface area contributed by atoms with E-state index >= 15 is 0 Å². The van der Waals surface area contributed by atoms with E-state index in [4.69, 9.17) is 0 Å². The molecule has 0 radical (unpaired) electrons. The van der Waals surface area contributed by atoms with Gasteiger partial charge >= 0.3 is 0 Å². The highest BCUT2D eigenvalue weighted by Crippen LogP contribution is 2.20. The first-order valence-electron chi connectivity index (χ1n) is 7.48. The number of Topliss-reactive ketones (excluding diaryl/α,β-unsaturated/α-hetero) is 1. The third kappa shape index (κ3) is 4.11. The highest BCUT2D eigenvalue weighted by molar-refractivity contribution is 7.03. The highest BCUT2D eigenvalue weighted by Gasteiger charge is 2.09. The number of rotatable bonds is 6. The second-order valence-electron chi connectivity index (χ2n) is 5.20. The van der Waals surface area contributed by atoms with Crippen molar-refractivity contribution >= 4 is 28.9 Å². The van der Waals surface area contributed by atoms with E-state index in [1.165, 1.54) is 11.5 Å². The van der Waals surface area contributed by atoms with Gasteiger partial charge in [0.25, 0.3) is 0 Å². The second kappa shape index (κ2) is 7.61. The number of benzene rings is 2. The molecule has 5 nitrogen and oxygen atoms in total. The number of nitrogens with one attached hydrogen (secondary N) is 1. The second-order valence-corrected chi connectivity index (χ2v) is 5.81. The molecule has 1 heterocycles. The summed E-state index contributed by atoms with van der Waals surface area (Å²) in [5.74, 6) is -0.209. The number of ketones is 1. The summed E-state index contributed by atoms with van der Waals surface area (Å²) < 4.78 is 3.83. The van der Waals surface area contributed by atoms with Crippen LogP contribution in [-0.2, 0) is 4.79 Å². The zero-order valence-corrected chi connectivity index (χ0v) is 13.6. The highest BCUT2D eigenvalue weighted by atomic mass is 32.1. The molecule has 0 saturated heterocycles. The molecular weight excluding hydrogens is 322 g/mol. The third-order valence-electron chi connectivity index (χ3n) is 3.50. The van der Waals surface area contributed by atoms with Crippen LogP contribution in [0.15, 0.2) is 60.0 Å². The van der Waals surface area contributed by atoms with Crippen molar-refractivity contribution in [3.63, 3.8) is 0 Å². The van der Waals surface area contributed by atoms with Gasteiger partial charge in [-0.2, -0.15) is 0 Å². The Labute approximate surface area is 143 Å². The minimum atomic E-state index is -0.178. The number of aromatic nitrogens is 2. The van der Waals surface area contributed by atoms with Gasteiger partial charge in [0.2, 0.25) is 5.91 Å². The molecule has 0 unspecified atom stereocenters. The van der Waals surface area contributed by atoms with Crippen LogP contribution in [0.4, 0.5) is 5.69 Å². The Hall–Kier alpha value is -2.86. The molecule has 0 aliphatic heterocycles. The molecule has 3 aromatic rings. The van der Waals surface area contributed by atoms with E-state index in [-0.39, 0.29) is 24.5 Å². The van der Waals surface area contributed by atoms with Crippen molar-refractivity contribution in [2.45, 2.75) is 12.8 Å². The number of anilines is 1. The zero-order valence-electron chi connectivity index (χ0n) is 12.8. The van der Waals surface area contributed by atoms with Crippen LogP contribution in [0.5, 0.6) is 0 Å². The van der Waals surface area contributed by atoms with E-state index in [0.29, 0.717) is 11.3 Å². The van der Waals surface area contributed by atoms with E-state index in [0.717, 1.165) is 11.3 Å². The molecule has 1 amide bonds. The molecular formula is C18H15N3O2S. The maximum Gasteiger partial charge on any atom is 0.224 e. The summed E-state index contributed by atoms with van der Waals surface area (Å²) in [4.78, 5) is 24.0. The van der Waals surface area contributed by atoms with Crippen LogP contribution in [-0.4, -0.2) is 21.3 Å². The Morgan fingerprint density at radius 1 is 0.958 bits per heavy atom. The van der Waals surface area contributed by atoms with Gasteiger partial charge in [0, 0.05) is 35.0 Å². The lowest BCUT2D eigenvalue weighted by Gasteiger charge is -2.06. The molecule has 3 rings (SSSR count). The van der Waals surface area contributed by atoms with Crippen molar-refractivity contribution in [2.24, 2.45) is 0 Å². The number of nitrogens with zero attached hydrogens (tertiary/aromatic N) is 2. The minimum Gasteiger partial charge on any atom is -0.326 e. The summed E-state index contributed by atoms with van der Waals surface area (Å²) in [6, 6.07) is 16.4. The van der Waals surface area contributed by atoms with Crippen molar-refractivity contribution in [2.75, 3.05) is 5.32 Å². The molecule has 0 fully saturated rings. The van der Waals surface area contributed by atoms with Crippen molar-refractivity contribution in [1.29, 1.82) is 0 Å².